The fraction of sp³-hybridized carbons (Fsp3) is 0.733. The van der Waals surface area contributed by atoms with E-state index in [0.717, 1.165) is 23.3 Å². The fourth-order valence-electron chi connectivity index (χ4n) is 5.97. The first-order chi connectivity index (χ1) is 17.2. The number of rotatable bonds is 12. The molecule has 1 aromatic carbocycles. The molecule has 0 radical (unpaired) electrons. The van der Waals surface area contributed by atoms with E-state index in [1.54, 1.807) is 12.1 Å². The maximum atomic E-state index is 13.0. The van der Waals surface area contributed by atoms with Crippen molar-refractivity contribution in [3.05, 3.63) is 35.9 Å². The van der Waals surface area contributed by atoms with Crippen molar-refractivity contribution in [1.82, 2.24) is 0 Å². The zero-order chi connectivity index (χ0) is 26.0. The number of benzene rings is 1. The average Bonchev–Trinajstić information content (AvgIpc) is 2.87. The Bertz CT molecular complexity index is 770. The molecule has 0 amide bonds. The number of hydrogen-bond acceptors (Lipinski definition) is 1. The van der Waals surface area contributed by atoms with Crippen LogP contribution in [0.2, 0.25) is 0 Å². The second kappa shape index (κ2) is 13.8. The molecular weight excluding hydrogens is 471 g/mol. The summed E-state index contributed by atoms with van der Waals surface area (Å²) in [5.74, 6) is -1.59. The molecule has 0 heterocycles. The second-order valence-electron chi connectivity index (χ2n) is 11.1. The Balaban J connectivity index is 1.34. The summed E-state index contributed by atoms with van der Waals surface area (Å²) in [6.45, 7) is 0.556. The lowest BCUT2D eigenvalue weighted by molar-refractivity contribution is -0.290. The van der Waals surface area contributed by atoms with Crippen molar-refractivity contribution in [3.8, 4) is 5.75 Å². The van der Waals surface area contributed by atoms with E-state index in [0.29, 0.717) is 5.92 Å². The first-order valence-corrected chi connectivity index (χ1v) is 14.0. The Morgan fingerprint density at radius 1 is 0.778 bits per heavy atom. The van der Waals surface area contributed by atoms with E-state index in [1.165, 1.54) is 102 Å². The zero-order valence-corrected chi connectivity index (χ0v) is 21.7. The highest BCUT2D eigenvalue weighted by Crippen LogP contribution is 2.42. The lowest BCUT2D eigenvalue weighted by atomic mass is 9.68. The highest BCUT2D eigenvalue weighted by Gasteiger charge is 2.58. The van der Waals surface area contributed by atoms with Crippen molar-refractivity contribution in [2.75, 3.05) is 6.61 Å². The molecule has 0 bridgehead atoms. The van der Waals surface area contributed by atoms with Crippen LogP contribution < -0.4 is 4.74 Å². The van der Waals surface area contributed by atoms with E-state index in [-0.39, 0.29) is 5.75 Å². The van der Waals surface area contributed by atoms with Gasteiger partial charge in [-0.05, 0) is 79.9 Å². The molecule has 0 aromatic heterocycles. The van der Waals surface area contributed by atoms with Crippen molar-refractivity contribution in [2.24, 2.45) is 23.7 Å². The molecule has 2 aliphatic rings. The number of unbranched alkanes of at least 4 members (excludes halogenated alkanes) is 4. The topological polar surface area (TPSA) is 9.23 Å². The molecular formula is C30H43F5O. The standard InChI is InChI=1S/C30H43F5O/c1-2-3-4-5-6-7-23-10-16-26(17-11-23)27-18-12-24(13-19-27)8-9-25-14-20-28(21-15-25)36-22-29(31,32)30(33,34)35/h8-9,14-15,20-21,23-24,26-27H,2-7,10-13,16-19,22H2,1H3. The van der Waals surface area contributed by atoms with Crippen LogP contribution in [0.25, 0.3) is 6.08 Å². The fourth-order valence-corrected chi connectivity index (χ4v) is 5.97. The predicted molar refractivity (Wildman–Crippen MR) is 136 cm³/mol. The van der Waals surface area contributed by atoms with Crippen LogP contribution in [0.4, 0.5) is 22.0 Å². The minimum atomic E-state index is -5.61. The molecule has 0 unspecified atom stereocenters. The van der Waals surface area contributed by atoms with Gasteiger partial charge in [-0.15, -0.1) is 0 Å². The van der Waals surface area contributed by atoms with Gasteiger partial charge in [0.2, 0.25) is 0 Å². The summed E-state index contributed by atoms with van der Waals surface area (Å²) in [6, 6.07) is 6.24. The first kappa shape index (κ1) is 29.0. The smallest absolute Gasteiger partial charge is 0.456 e. The summed E-state index contributed by atoms with van der Waals surface area (Å²) in [5, 5.41) is 0. The molecule has 0 atom stereocenters. The van der Waals surface area contributed by atoms with Crippen molar-refractivity contribution in [2.45, 2.75) is 109 Å². The van der Waals surface area contributed by atoms with Crippen LogP contribution in [-0.4, -0.2) is 18.7 Å². The van der Waals surface area contributed by atoms with E-state index in [9.17, 15) is 22.0 Å². The van der Waals surface area contributed by atoms with Crippen molar-refractivity contribution >= 4 is 6.08 Å². The van der Waals surface area contributed by atoms with Gasteiger partial charge in [0.1, 0.15) is 5.75 Å². The maximum Gasteiger partial charge on any atom is 0.456 e. The number of allylic oxidation sites excluding steroid dienone is 1. The van der Waals surface area contributed by atoms with Gasteiger partial charge < -0.3 is 4.74 Å². The summed E-state index contributed by atoms with van der Waals surface area (Å²) in [6.07, 6.45) is 17.6. The highest BCUT2D eigenvalue weighted by atomic mass is 19.4. The quantitative estimate of drug-likeness (QED) is 0.199. The third-order valence-corrected chi connectivity index (χ3v) is 8.37. The molecule has 0 saturated heterocycles. The maximum absolute atomic E-state index is 13.0. The summed E-state index contributed by atoms with van der Waals surface area (Å²) in [5.41, 5.74) is 0.889. The molecule has 1 aromatic rings. The third kappa shape index (κ3) is 9.06. The van der Waals surface area contributed by atoms with Gasteiger partial charge in [-0.1, -0.05) is 82.6 Å². The summed E-state index contributed by atoms with van der Waals surface area (Å²) in [7, 11) is 0. The van der Waals surface area contributed by atoms with Gasteiger partial charge in [-0.2, -0.15) is 22.0 Å². The molecule has 6 heteroatoms. The Morgan fingerprint density at radius 2 is 1.36 bits per heavy atom. The normalized spacial score (nSPS) is 25.8. The van der Waals surface area contributed by atoms with Gasteiger partial charge >= 0.3 is 12.1 Å². The molecule has 2 saturated carbocycles. The lowest BCUT2D eigenvalue weighted by Crippen LogP contribution is -2.41. The molecule has 36 heavy (non-hydrogen) atoms. The number of alkyl halides is 5. The van der Waals surface area contributed by atoms with Gasteiger partial charge in [0.15, 0.2) is 6.61 Å². The minimum Gasteiger partial charge on any atom is -0.487 e. The number of ether oxygens (including phenoxy) is 1. The average molecular weight is 515 g/mol. The van der Waals surface area contributed by atoms with Crippen molar-refractivity contribution < 1.29 is 26.7 Å². The van der Waals surface area contributed by atoms with E-state index in [4.69, 9.17) is 0 Å². The molecule has 3 rings (SSSR count). The summed E-state index contributed by atoms with van der Waals surface area (Å²) >= 11 is 0. The predicted octanol–water partition coefficient (Wildman–Crippen LogP) is 10.2. The Kier molecular flexibility index (Phi) is 11.1. The minimum absolute atomic E-state index is 0.00259. The van der Waals surface area contributed by atoms with Crippen LogP contribution in [0.3, 0.4) is 0 Å². The Labute approximate surface area is 213 Å². The molecule has 1 nitrogen and oxygen atoms in total. The van der Waals surface area contributed by atoms with Crippen molar-refractivity contribution in [3.63, 3.8) is 0 Å². The van der Waals surface area contributed by atoms with Crippen LogP contribution in [0.5, 0.6) is 5.75 Å². The second-order valence-corrected chi connectivity index (χ2v) is 11.1. The zero-order valence-electron chi connectivity index (χ0n) is 21.7. The number of halogens is 5. The Hall–Kier alpha value is -1.59. The highest BCUT2D eigenvalue weighted by molar-refractivity contribution is 5.50. The van der Waals surface area contributed by atoms with Gasteiger partial charge in [-0.25, -0.2) is 0 Å². The molecule has 0 spiro atoms. The lowest BCUT2D eigenvalue weighted by Gasteiger charge is -2.37. The van der Waals surface area contributed by atoms with E-state index in [2.05, 4.69) is 17.7 Å². The number of hydrogen-bond donors (Lipinski definition) is 0. The molecule has 0 aliphatic heterocycles. The first-order valence-electron chi connectivity index (χ1n) is 14.0. The van der Waals surface area contributed by atoms with Gasteiger partial charge in [0.25, 0.3) is 0 Å². The summed E-state index contributed by atoms with van der Waals surface area (Å²) in [4.78, 5) is 0. The van der Waals surface area contributed by atoms with Gasteiger partial charge in [0, 0.05) is 0 Å². The van der Waals surface area contributed by atoms with Crippen LogP contribution in [0.1, 0.15) is 102 Å². The third-order valence-electron chi connectivity index (χ3n) is 8.37. The van der Waals surface area contributed by atoms with Crippen LogP contribution in [0.15, 0.2) is 30.3 Å². The molecule has 2 aliphatic carbocycles. The molecule has 204 valence electrons. The van der Waals surface area contributed by atoms with Gasteiger partial charge in [0.05, 0.1) is 0 Å². The van der Waals surface area contributed by atoms with Crippen LogP contribution in [0, 0.1) is 23.7 Å². The SMILES string of the molecule is CCCCCCCC1CCC(C2CCC(C=Cc3ccc(OCC(F)(F)C(F)(F)F)cc3)CC2)CC1. The van der Waals surface area contributed by atoms with Crippen LogP contribution in [-0.2, 0) is 0 Å². The van der Waals surface area contributed by atoms with E-state index >= 15 is 0 Å². The van der Waals surface area contributed by atoms with E-state index < -0.39 is 18.7 Å². The monoisotopic (exact) mass is 514 g/mol. The molecule has 0 N–H and O–H groups in total. The molecule has 2 fully saturated rings. The Morgan fingerprint density at radius 3 is 1.94 bits per heavy atom. The summed E-state index contributed by atoms with van der Waals surface area (Å²) < 4.78 is 67.4. The van der Waals surface area contributed by atoms with Crippen molar-refractivity contribution in [1.29, 1.82) is 0 Å². The van der Waals surface area contributed by atoms with Gasteiger partial charge in [-0.3, -0.25) is 0 Å². The largest absolute Gasteiger partial charge is 0.487 e. The van der Waals surface area contributed by atoms with Crippen LogP contribution >= 0.6 is 0 Å². The van der Waals surface area contributed by atoms with E-state index in [1.807, 2.05) is 6.08 Å².